The number of nitrogens with zero attached hydrogens (tertiary/aromatic N) is 2. The van der Waals surface area contributed by atoms with Crippen LogP contribution in [0.3, 0.4) is 0 Å². The molecule has 0 saturated heterocycles. The fourth-order valence-electron chi connectivity index (χ4n) is 2.38. The Labute approximate surface area is 171 Å². The zero-order valence-corrected chi connectivity index (χ0v) is 17.0. The molecule has 0 spiro atoms. The average molecular weight is 426 g/mol. The molecule has 0 aliphatic rings. The fourth-order valence-corrected chi connectivity index (χ4v) is 2.91. The molecule has 2 aromatic carbocycles. The molecule has 0 saturated carbocycles. The van der Waals surface area contributed by atoms with Crippen molar-refractivity contribution < 1.29 is 27.5 Å². The van der Waals surface area contributed by atoms with E-state index in [1.54, 1.807) is 7.05 Å². The van der Waals surface area contributed by atoms with Crippen LogP contribution in [0.5, 0.6) is 0 Å². The highest BCUT2D eigenvalue weighted by molar-refractivity contribution is 8.00. The lowest BCUT2D eigenvalue weighted by atomic mass is 10.2. The maximum atomic E-state index is 12.3. The molecule has 0 unspecified atom stereocenters. The minimum atomic E-state index is -4.40. The number of amides is 1. The van der Waals surface area contributed by atoms with Gasteiger partial charge in [-0.1, -0.05) is 12.1 Å². The summed E-state index contributed by atoms with van der Waals surface area (Å²) in [6.45, 7) is -0.0996. The molecule has 0 fully saturated rings. The Morgan fingerprint density at radius 2 is 1.55 bits per heavy atom. The quantitative estimate of drug-likeness (QED) is 0.491. The number of esters is 1. The molecule has 0 bridgehead atoms. The molecule has 2 rings (SSSR count). The highest BCUT2D eigenvalue weighted by Crippen LogP contribution is 2.36. The summed E-state index contributed by atoms with van der Waals surface area (Å²) in [6.07, 6.45) is 0. The van der Waals surface area contributed by atoms with E-state index in [9.17, 15) is 22.8 Å². The second-order valence-electron chi connectivity index (χ2n) is 6.46. The molecule has 5 nitrogen and oxygen atoms in total. The van der Waals surface area contributed by atoms with Crippen molar-refractivity contribution in [1.29, 1.82) is 0 Å². The van der Waals surface area contributed by atoms with E-state index in [-0.39, 0.29) is 28.1 Å². The van der Waals surface area contributed by atoms with Crippen molar-refractivity contribution in [3.63, 3.8) is 0 Å². The maximum Gasteiger partial charge on any atom is 0.446 e. The van der Waals surface area contributed by atoms with Crippen molar-refractivity contribution in [3.05, 3.63) is 59.7 Å². The van der Waals surface area contributed by atoms with E-state index >= 15 is 0 Å². The monoisotopic (exact) mass is 426 g/mol. The number of carbonyl (C=O) groups excluding carboxylic acids is 2. The SMILES string of the molecule is CN(Cc1ccc(N(C)C)cc1)C(=O)COC(=O)c1ccc(SC(F)(F)F)cc1. The summed E-state index contributed by atoms with van der Waals surface area (Å²) in [4.78, 5) is 27.5. The minimum Gasteiger partial charge on any atom is -0.452 e. The van der Waals surface area contributed by atoms with Gasteiger partial charge in [0, 0.05) is 38.3 Å². The van der Waals surface area contributed by atoms with Crippen LogP contribution in [0.2, 0.25) is 0 Å². The number of likely N-dealkylation sites (N-methyl/N-ethyl adjacent to an activating group) is 1. The van der Waals surface area contributed by atoms with Crippen LogP contribution in [-0.2, 0) is 16.1 Å². The van der Waals surface area contributed by atoms with Gasteiger partial charge in [-0.2, -0.15) is 13.2 Å². The number of hydrogen-bond donors (Lipinski definition) is 0. The molecule has 0 aliphatic heterocycles. The molecule has 0 heterocycles. The Bertz CT molecular complexity index is 838. The van der Waals surface area contributed by atoms with Crippen molar-refractivity contribution >= 4 is 29.3 Å². The zero-order chi connectivity index (χ0) is 21.6. The van der Waals surface area contributed by atoms with Gasteiger partial charge in [0.1, 0.15) is 0 Å². The predicted octanol–water partition coefficient (Wildman–Crippen LogP) is 4.18. The summed E-state index contributed by atoms with van der Waals surface area (Å²) in [5, 5.41) is 0. The molecule has 0 N–H and O–H groups in total. The Balaban J connectivity index is 1.85. The molecule has 0 aromatic heterocycles. The number of alkyl halides is 3. The first-order chi connectivity index (χ1) is 13.5. The second kappa shape index (κ2) is 9.69. The number of hydrogen-bond acceptors (Lipinski definition) is 5. The molecule has 2 aromatic rings. The number of carbonyl (C=O) groups is 2. The van der Waals surface area contributed by atoms with Crippen LogP contribution in [0.25, 0.3) is 0 Å². The van der Waals surface area contributed by atoms with E-state index in [0.717, 1.165) is 11.3 Å². The van der Waals surface area contributed by atoms with Crippen LogP contribution in [0.4, 0.5) is 18.9 Å². The van der Waals surface area contributed by atoms with Gasteiger partial charge >= 0.3 is 11.5 Å². The number of anilines is 1. The van der Waals surface area contributed by atoms with Gasteiger partial charge < -0.3 is 14.5 Å². The van der Waals surface area contributed by atoms with Gasteiger partial charge in [-0.3, -0.25) is 4.79 Å². The molecule has 0 radical (unpaired) electrons. The topological polar surface area (TPSA) is 49.9 Å². The van der Waals surface area contributed by atoms with Crippen LogP contribution in [-0.4, -0.2) is 50.0 Å². The third-order valence-corrected chi connectivity index (χ3v) is 4.69. The first kappa shape index (κ1) is 22.6. The standard InChI is InChI=1S/C20H21F3N2O3S/c1-24(2)16-8-4-14(5-9-16)12-25(3)18(26)13-28-19(27)15-6-10-17(11-7-15)29-20(21,22)23/h4-11H,12-13H2,1-3H3. The van der Waals surface area contributed by atoms with Crippen molar-refractivity contribution in [2.45, 2.75) is 16.9 Å². The van der Waals surface area contributed by atoms with Gasteiger partial charge in [0.2, 0.25) is 0 Å². The Kier molecular flexibility index (Phi) is 7.55. The first-order valence-corrected chi connectivity index (χ1v) is 9.40. The summed E-state index contributed by atoms with van der Waals surface area (Å²) in [5.41, 5.74) is -2.36. The van der Waals surface area contributed by atoms with Gasteiger partial charge in [-0.05, 0) is 53.7 Å². The van der Waals surface area contributed by atoms with E-state index in [1.165, 1.54) is 29.2 Å². The smallest absolute Gasteiger partial charge is 0.446 e. The Morgan fingerprint density at radius 1 is 0.966 bits per heavy atom. The molecule has 156 valence electrons. The second-order valence-corrected chi connectivity index (χ2v) is 7.60. The summed E-state index contributed by atoms with van der Waals surface area (Å²) < 4.78 is 41.9. The van der Waals surface area contributed by atoms with E-state index < -0.39 is 18.1 Å². The maximum absolute atomic E-state index is 12.3. The molecule has 9 heteroatoms. The average Bonchev–Trinajstić information content (AvgIpc) is 2.65. The molecule has 0 aliphatic carbocycles. The van der Waals surface area contributed by atoms with E-state index in [2.05, 4.69) is 0 Å². The Morgan fingerprint density at radius 3 is 2.07 bits per heavy atom. The van der Waals surface area contributed by atoms with Crippen LogP contribution in [0.1, 0.15) is 15.9 Å². The summed E-state index contributed by atoms with van der Waals surface area (Å²) in [5.74, 6) is -1.16. The van der Waals surface area contributed by atoms with Crippen molar-refractivity contribution in [3.8, 4) is 0 Å². The van der Waals surface area contributed by atoms with Crippen LogP contribution >= 0.6 is 11.8 Å². The van der Waals surface area contributed by atoms with Crippen molar-refractivity contribution in [2.24, 2.45) is 0 Å². The summed E-state index contributed by atoms with van der Waals surface area (Å²) in [7, 11) is 5.46. The van der Waals surface area contributed by atoms with E-state index in [4.69, 9.17) is 4.74 Å². The van der Waals surface area contributed by atoms with Crippen LogP contribution in [0.15, 0.2) is 53.4 Å². The number of rotatable bonds is 7. The largest absolute Gasteiger partial charge is 0.452 e. The van der Waals surface area contributed by atoms with Crippen molar-refractivity contribution in [1.82, 2.24) is 4.90 Å². The highest BCUT2D eigenvalue weighted by Gasteiger charge is 2.29. The summed E-state index contributed by atoms with van der Waals surface area (Å²) >= 11 is -0.269. The van der Waals surface area contributed by atoms with Gasteiger partial charge in [0.05, 0.1) is 5.56 Å². The lowest BCUT2D eigenvalue weighted by molar-refractivity contribution is -0.133. The molecular formula is C20H21F3N2O3S. The number of halogens is 3. The van der Waals surface area contributed by atoms with Gasteiger partial charge in [0.15, 0.2) is 6.61 Å². The number of benzene rings is 2. The molecule has 0 atom stereocenters. The normalized spacial score (nSPS) is 11.1. The lowest BCUT2D eigenvalue weighted by Crippen LogP contribution is -2.30. The predicted molar refractivity (Wildman–Crippen MR) is 106 cm³/mol. The highest BCUT2D eigenvalue weighted by atomic mass is 32.2. The van der Waals surface area contributed by atoms with Crippen LogP contribution in [0, 0.1) is 0 Å². The van der Waals surface area contributed by atoms with Crippen LogP contribution < -0.4 is 4.90 Å². The summed E-state index contributed by atoms with van der Waals surface area (Å²) in [6, 6.07) is 12.5. The minimum absolute atomic E-state index is 0.0369. The number of thioether (sulfide) groups is 1. The molecular weight excluding hydrogens is 405 g/mol. The first-order valence-electron chi connectivity index (χ1n) is 8.58. The lowest BCUT2D eigenvalue weighted by Gasteiger charge is -2.18. The van der Waals surface area contributed by atoms with Crippen molar-refractivity contribution in [2.75, 3.05) is 32.6 Å². The third-order valence-electron chi connectivity index (χ3n) is 3.95. The van der Waals surface area contributed by atoms with E-state index in [0.29, 0.717) is 6.54 Å². The Hall–Kier alpha value is -2.68. The number of ether oxygens (including phenoxy) is 1. The van der Waals surface area contributed by atoms with Gasteiger partial charge in [-0.25, -0.2) is 4.79 Å². The zero-order valence-electron chi connectivity index (χ0n) is 16.2. The molecule has 1 amide bonds. The third kappa shape index (κ3) is 7.34. The van der Waals surface area contributed by atoms with E-state index in [1.807, 2.05) is 43.3 Å². The van der Waals surface area contributed by atoms with Gasteiger partial charge in [0.25, 0.3) is 5.91 Å². The molecule has 29 heavy (non-hydrogen) atoms. The fraction of sp³-hybridized carbons (Fsp3) is 0.300. The van der Waals surface area contributed by atoms with Gasteiger partial charge in [-0.15, -0.1) is 0 Å².